The van der Waals surface area contributed by atoms with Gasteiger partial charge in [-0.2, -0.15) is 0 Å². The Hall–Kier alpha value is 0.701. The Kier molecular flexibility index (Phi) is 3.68. The molecule has 0 saturated heterocycles. The predicted molar refractivity (Wildman–Crippen MR) is 37.2 cm³/mol. The molecule has 1 fully saturated rings. The molecule has 7 heteroatoms. The van der Waals surface area contributed by atoms with Crippen LogP contribution in [-0.4, -0.2) is 12.1 Å². The third-order valence-electron chi connectivity index (χ3n) is 1.86. The molecule has 1 saturated carbocycles. The van der Waals surface area contributed by atoms with Gasteiger partial charge in [-0.15, -0.1) is 0 Å². The summed E-state index contributed by atoms with van der Waals surface area (Å²) in [4.78, 5) is 0. The van der Waals surface area contributed by atoms with Gasteiger partial charge in [0, 0.05) is 5.92 Å². The summed E-state index contributed by atoms with van der Waals surface area (Å²) in [5.74, 6) is 0.209. The smallest absolute Gasteiger partial charge is 0.443 e. The molecule has 1 aliphatic carbocycles. The van der Waals surface area contributed by atoms with Crippen LogP contribution in [-0.2, 0) is 0 Å². The van der Waals surface area contributed by atoms with Gasteiger partial charge < -0.3 is 17.5 Å². The standard InChI is InChI=1S/C6H6BF3NO.K/c8-7(9,10)6-3-5(11-12-6)4-1-2-4;/h3-4H,1-2H2;/q-1;+1. The second kappa shape index (κ2) is 4.06. The maximum atomic E-state index is 12.0. The number of hydrogen-bond donors (Lipinski definition) is 0. The van der Waals surface area contributed by atoms with Crippen LogP contribution in [0.5, 0.6) is 0 Å². The minimum atomic E-state index is -5.01. The minimum absolute atomic E-state index is 0. The molecule has 1 aliphatic rings. The van der Waals surface area contributed by atoms with Crippen molar-refractivity contribution < 1.29 is 68.9 Å². The fraction of sp³-hybridized carbons (Fsp3) is 0.500. The number of halogens is 3. The van der Waals surface area contributed by atoms with Gasteiger partial charge in [-0.25, -0.2) is 0 Å². The van der Waals surface area contributed by atoms with Crippen molar-refractivity contribution >= 4 is 12.6 Å². The first-order valence-corrected chi connectivity index (χ1v) is 3.74. The molecule has 1 heterocycles. The zero-order valence-corrected chi connectivity index (χ0v) is 10.3. The van der Waals surface area contributed by atoms with Gasteiger partial charge in [-0.1, -0.05) is 5.16 Å². The summed E-state index contributed by atoms with van der Waals surface area (Å²) in [6.45, 7) is -5.01. The van der Waals surface area contributed by atoms with Crippen LogP contribution >= 0.6 is 0 Å². The molecule has 0 spiro atoms. The van der Waals surface area contributed by atoms with Crippen molar-refractivity contribution in [1.29, 1.82) is 0 Å². The van der Waals surface area contributed by atoms with Gasteiger partial charge in [-0.05, 0) is 18.9 Å². The van der Waals surface area contributed by atoms with Crippen molar-refractivity contribution in [3.63, 3.8) is 0 Å². The Morgan fingerprint density at radius 3 is 2.38 bits per heavy atom. The van der Waals surface area contributed by atoms with Gasteiger partial charge >= 0.3 is 58.4 Å². The molecule has 13 heavy (non-hydrogen) atoms. The van der Waals surface area contributed by atoms with E-state index in [2.05, 4.69) is 9.68 Å². The molecule has 1 aromatic heterocycles. The van der Waals surface area contributed by atoms with E-state index in [9.17, 15) is 12.9 Å². The van der Waals surface area contributed by atoms with Crippen LogP contribution in [0.2, 0.25) is 0 Å². The Labute approximate surface area is 116 Å². The molecule has 2 nitrogen and oxygen atoms in total. The first-order valence-electron chi connectivity index (χ1n) is 3.74. The second-order valence-electron chi connectivity index (χ2n) is 3.00. The molecule has 0 bridgehead atoms. The van der Waals surface area contributed by atoms with Crippen LogP contribution in [0.25, 0.3) is 0 Å². The van der Waals surface area contributed by atoms with Crippen molar-refractivity contribution in [2.24, 2.45) is 0 Å². The fourth-order valence-electron chi connectivity index (χ4n) is 1.03. The van der Waals surface area contributed by atoms with Gasteiger partial charge in [0.05, 0.1) is 11.4 Å². The molecule has 0 amide bonds. The molecule has 1 aromatic rings. The molecule has 0 aromatic carbocycles. The topological polar surface area (TPSA) is 26.0 Å². The van der Waals surface area contributed by atoms with Gasteiger partial charge in [0.25, 0.3) is 0 Å². The minimum Gasteiger partial charge on any atom is -0.443 e. The molecule has 0 radical (unpaired) electrons. The Balaban J connectivity index is 0.000000845. The van der Waals surface area contributed by atoms with E-state index in [4.69, 9.17) is 0 Å². The van der Waals surface area contributed by atoms with Crippen molar-refractivity contribution in [2.45, 2.75) is 18.8 Å². The molecular formula is C6H6BF3KNO. The van der Waals surface area contributed by atoms with Gasteiger partial charge in [0.2, 0.25) is 0 Å². The molecule has 0 aliphatic heterocycles. The fourth-order valence-corrected chi connectivity index (χ4v) is 1.03. The molecule has 2 rings (SSSR count). The number of rotatable bonds is 2. The van der Waals surface area contributed by atoms with E-state index < -0.39 is 12.6 Å². The van der Waals surface area contributed by atoms with Gasteiger partial charge in [-0.3, -0.25) is 0 Å². The van der Waals surface area contributed by atoms with E-state index in [1.165, 1.54) is 0 Å². The maximum absolute atomic E-state index is 12.0. The summed E-state index contributed by atoms with van der Waals surface area (Å²) in [5, 5.41) is 3.37. The largest absolute Gasteiger partial charge is 1.00 e. The van der Waals surface area contributed by atoms with Gasteiger partial charge in [0.15, 0.2) is 0 Å². The third-order valence-corrected chi connectivity index (χ3v) is 1.86. The Morgan fingerprint density at radius 2 is 2.00 bits per heavy atom. The first-order chi connectivity index (χ1) is 5.57. The Bertz CT molecular complexity index is 296. The quantitative estimate of drug-likeness (QED) is 0.568. The summed E-state index contributed by atoms with van der Waals surface area (Å²) in [5.41, 5.74) is -0.485. The average Bonchev–Trinajstić information content (AvgIpc) is 2.66. The molecule has 0 N–H and O–H groups in total. The zero-order valence-electron chi connectivity index (χ0n) is 7.14. The second-order valence-corrected chi connectivity index (χ2v) is 3.00. The summed E-state index contributed by atoms with van der Waals surface area (Å²) in [6, 6.07) is 1.01. The van der Waals surface area contributed by atoms with E-state index in [0.29, 0.717) is 5.69 Å². The van der Waals surface area contributed by atoms with Crippen LogP contribution < -0.4 is 57.0 Å². The summed E-state index contributed by atoms with van der Waals surface area (Å²) < 4.78 is 40.2. The van der Waals surface area contributed by atoms with Crippen molar-refractivity contribution in [2.75, 3.05) is 0 Å². The SMILES string of the molecule is F[B-](F)(F)c1cc(C2CC2)no1.[K+]. The van der Waals surface area contributed by atoms with E-state index >= 15 is 0 Å². The van der Waals surface area contributed by atoms with Crippen LogP contribution in [0.1, 0.15) is 24.5 Å². The van der Waals surface area contributed by atoms with Crippen LogP contribution in [0.4, 0.5) is 12.9 Å². The van der Waals surface area contributed by atoms with E-state index in [1.807, 2.05) is 0 Å². The molecular weight excluding hydrogens is 209 g/mol. The number of aromatic nitrogens is 1. The van der Waals surface area contributed by atoms with Crippen LogP contribution in [0.15, 0.2) is 10.6 Å². The summed E-state index contributed by atoms with van der Waals surface area (Å²) in [7, 11) is 0. The predicted octanol–water partition coefficient (Wildman–Crippen LogP) is -1.39. The summed E-state index contributed by atoms with van der Waals surface area (Å²) >= 11 is 0. The molecule has 66 valence electrons. The molecule has 0 atom stereocenters. The van der Waals surface area contributed by atoms with Gasteiger partial charge in [0.1, 0.15) is 0 Å². The normalized spacial score (nSPS) is 16.8. The van der Waals surface area contributed by atoms with Crippen molar-refractivity contribution in [3.8, 4) is 0 Å². The first kappa shape index (κ1) is 11.8. The van der Waals surface area contributed by atoms with E-state index in [-0.39, 0.29) is 57.3 Å². The van der Waals surface area contributed by atoms with Crippen molar-refractivity contribution in [1.82, 2.24) is 5.16 Å². The molecule has 0 unspecified atom stereocenters. The number of nitrogens with zero attached hydrogens (tertiary/aromatic N) is 1. The van der Waals surface area contributed by atoms with E-state index in [0.717, 1.165) is 18.9 Å². The Morgan fingerprint density at radius 1 is 1.38 bits per heavy atom. The van der Waals surface area contributed by atoms with E-state index in [1.54, 1.807) is 0 Å². The summed E-state index contributed by atoms with van der Waals surface area (Å²) in [6.07, 6.45) is 1.85. The monoisotopic (exact) mass is 215 g/mol. The van der Waals surface area contributed by atoms with Crippen LogP contribution in [0.3, 0.4) is 0 Å². The third kappa shape index (κ3) is 2.82. The average molecular weight is 215 g/mol. The number of hydrogen-bond acceptors (Lipinski definition) is 2. The maximum Gasteiger partial charge on any atom is 1.00 e. The zero-order chi connectivity index (χ0) is 8.77. The van der Waals surface area contributed by atoms with Crippen molar-refractivity contribution in [3.05, 3.63) is 11.8 Å². The van der Waals surface area contributed by atoms with Crippen LogP contribution in [0, 0.1) is 0 Å².